The Balaban J connectivity index is 2.00. The van der Waals surface area contributed by atoms with Crippen molar-refractivity contribution in [3.8, 4) is 0 Å². The van der Waals surface area contributed by atoms with E-state index < -0.39 is 5.97 Å². The van der Waals surface area contributed by atoms with Gasteiger partial charge in [-0.25, -0.2) is 4.79 Å². The minimum Gasteiger partial charge on any atom is -0.478 e. The summed E-state index contributed by atoms with van der Waals surface area (Å²) in [5, 5.41) is 8.93. The SMILES string of the molecule is CCCCCC=CCC=CCC=CCCCCC(=O)N1CC=C(C(=O)O)CC1. The summed E-state index contributed by atoms with van der Waals surface area (Å²) in [4.78, 5) is 24.8. The number of carbonyl (C=O) groups excluding carboxylic acids is 1. The van der Waals surface area contributed by atoms with Crippen molar-refractivity contribution in [2.24, 2.45) is 0 Å². The van der Waals surface area contributed by atoms with Gasteiger partial charge in [0.05, 0.1) is 0 Å². The molecule has 1 amide bonds. The number of nitrogens with zero attached hydrogens (tertiary/aromatic N) is 1. The molecule has 1 aliphatic heterocycles. The van der Waals surface area contributed by atoms with E-state index in [1.54, 1.807) is 11.0 Å². The molecule has 156 valence electrons. The summed E-state index contributed by atoms with van der Waals surface area (Å²) >= 11 is 0. The highest BCUT2D eigenvalue weighted by Crippen LogP contribution is 2.13. The summed E-state index contributed by atoms with van der Waals surface area (Å²) in [6.07, 6.45) is 25.9. The average molecular weight is 388 g/mol. The van der Waals surface area contributed by atoms with Gasteiger partial charge in [0.2, 0.25) is 5.91 Å². The van der Waals surface area contributed by atoms with E-state index in [1.807, 2.05) is 0 Å². The molecule has 1 N–H and O–H groups in total. The first kappa shape index (κ1) is 23.9. The molecule has 0 aromatic carbocycles. The maximum Gasteiger partial charge on any atom is 0.331 e. The largest absolute Gasteiger partial charge is 0.478 e. The van der Waals surface area contributed by atoms with E-state index in [0.717, 1.165) is 32.1 Å². The molecule has 4 heteroatoms. The van der Waals surface area contributed by atoms with Gasteiger partial charge in [0, 0.05) is 25.1 Å². The predicted molar refractivity (Wildman–Crippen MR) is 116 cm³/mol. The van der Waals surface area contributed by atoms with E-state index in [2.05, 4.69) is 43.4 Å². The van der Waals surface area contributed by atoms with Crippen molar-refractivity contribution in [1.82, 2.24) is 4.90 Å². The molecule has 0 radical (unpaired) electrons. The maximum absolute atomic E-state index is 12.1. The van der Waals surface area contributed by atoms with Gasteiger partial charge >= 0.3 is 5.97 Å². The highest BCUT2D eigenvalue weighted by Gasteiger charge is 2.19. The van der Waals surface area contributed by atoms with Crippen LogP contribution in [0.2, 0.25) is 0 Å². The Morgan fingerprint density at radius 3 is 2.11 bits per heavy atom. The molecule has 1 heterocycles. The molecule has 0 unspecified atom stereocenters. The van der Waals surface area contributed by atoms with E-state index in [0.29, 0.717) is 31.5 Å². The standard InChI is InChI=1S/C24H37NO3/c1-2-3-4-5-6-7-8-9-10-11-12-13-14-15-16-17-23(26)25-20-18-22(19-21-25)24(27)28/h6-7,9-10,12-13,18H,2-5,8,11,14-17,19-21H2,1H3,(H,27,28). The zero-order valence-electron chi connectivity index (χ0n) is 17.4. The van der Waals surface area contributed by atoms with Gasteiger partial charge in [-0.1, -0.05) is 62.3 Å². The lowest BCUT2D eigenvalue weighted by Crippen LogP contribution is -2.35. The van der Waals surface area contributed by atoms with Crippen LogP contribution in [0, 0.1) is 0 Å². The number of rotatable bonds is 14. The second-order valence-corrected chi connectivity index (χ2v) is 7.25. The quantitative estimate of drug-likeness (QED) is 0.302. The predicted octanol–water partition coefficient (Wildman–Crippen LogP) is 5.82. The second kappa shape index (κ2) is 15.9. The van der Waals surface area contributed by atoms with Crippen molar-refractivity contribution >= 4 is 11.9 Å². The minimum atomic E-state index is -0.868. The summed E-state index contributed by atoms with van der Waals surface area (Å²) in [6.45, 7) is 3.18. The first-order valence-electron chi connectivity index (χ1n) is 10.8. The fraction of sp³-hybridized carbons (Fsp3) is 0.583. The van der Waals surface area contributed by atoms with E-state index >= 15 is 0 Å². The van der Waals surface area contributed by atoms with E-state index in [-0.39, 0.29) is 5.91 Å². The van der Waals surface area contributed by atoms with Gasteiger partial charge in [-0.15, -0.1) is 0 Å². The lowest BCUT2D eigenvalue weighted by molar-refractivity contribution is -0.135. The number of aliphatic carboxylic acids is 1. The molecular weight excluding hydrogens is 350 g/mol. The number of allylic oxidation sites excluding steroid dienone is 6. The minimum absolute atomic E-state index is 0.135. The summed E-state index contributed by atoms with van der Waals surface area (Å²) in [6, 6.07) is 0. The molecule has 0 saturated heterocycles. The fourth-order valence-corrected chi connectivity index (χ4v) is 3.08. The van der Waals surface area contributed by atoms with Crippen LogP contribution in [0.1, 0.15) is 77.6 Å². The van der Waals surface area contributed by atoms with Crippen LogP contribution in [0.25, 0.3) is 0 Å². The van der Waals surface area contributed by atoms with E-state index in [4.69, 9.17) is 5.11 Å². The molecule has 0 saturated carbocycles. The Bertz CT molecular complexity index is 572. The van der Waals surface area contributed by atoms with Crippen LogP contribution in [0.3, 0.4) is 0 Å². The molecule has 1 aliphatic rings. The van der Waals surface area contributed by atoms with Crippen LogP contribution in [0.15, 0.2) is 48.1 Å². The Morgan fingerprint density at radius 1 is 0.964 bits per heavy atom. The second-order valence-electron chi connectivity index (χ2n) is 7.25. The third-order valence-corrected chi connectivity index (χ3v) is 4.87. The lowest BCUT2D eigenvalue weighted by atomic mass is 10.1. The smallest absolute Gasteiger partial charge is 0.331 e. The molecule has 0 aromatic heterocycles. The number of unbranched alkanes of at least 4 members (excludes halogenated alkanes) is 5. The molecular formula is C24H37NO3. The number of hydrogen-bond acceptors (Lipinski definition) is 2. The first-order chi connectivity index (χ1) is 13.6. The van der Waals surface area contributed by atoms with Crippen molar-refractivity contribution < 1.29 is 14.7 Å². The summed E-state index contributed by atoms with van der Waals surface area (Å²) in [7, 11) is 0. The van der Waals surface area contributed by atoms with E-state index in [1.165, 1.54) is 25.7 Å². The molecule has 4 nitrogen and oxygen atoms in total. The zero-order valence-corrected chi connectivity index (χ0v) is 17.4. The van der Waals surface area contributed by atoms with Gasteiger partial charge in [-0.2, -0.15) is 0 Å². The maximum atomic E-state index is 12.1. The zero-order chi connectivity index (χ0) is 20.5. The number of carboxylic acids is 1. The Morgan fingerprint density at radius 2 is 1.57 bits per heavy atom. The van der Waals surface area contributed by atoms with Crippen LogP contribution in [-0.4, -0.2) is 35.0 Å². The van der Waals surface area contributed by atoms with Crippen molar-refractivity contribution in [2.45, 2.75) is 77.6 Å². The molecule has 0 fully saturated rings. The monoisotopic (exact) mass is 387 g/mol. The number of carboxylic acid groups (broad SMARTS) is 1. The Hall–Kier alpha value is -2.10. The van der Waals surface area contributed by atoms with E-state index in [9.17, 15) is 9.59 Å². The molecule has 0 atom stereocenters. The topological polar surface area (TPSA) is 57.6 Å². The molecule has 0 spiro atoms. The molecule has 28 heavy (non-hydrogen) atoms. The van der Waals surface area contributed by atoms with Crippen LogP contribution < -0.4 is 0 Å². The normalized spacial score (nSPS) is 15.0. The van der Waals surface area contributed by atoms with Gasteiger partial charge in [-0.05, 0) is 51.4 Å². The molecule has 0 aliphatic carbocycles. The van der Waals surface area contributed by atoms with Gasteiger partial charge in [0.15, 0.2) is 0 Å². The van der Waals surface area contributed by atoms with Crippen LogP contribution in [0.5, 0.6) is 0 Å². The Kier molecular flexibility index (Phi) is 13.6. The third kappa shape index (κ3) is 11.6. The van der Waals surface area contributed by atoms with Crippen molar-refractivity contribution in [1.29, 1.82) is 0 Å². The fourth-order valence-electron chi connectivity index (χ4n) is 3.08. The van der Waals surface area contributed by atoms with Crippen molar-refractivity contribution in [2.75, 3.05) is 13.1 Å². The third-order valence-electron chi connectivity index (χ3n) is 4.87. The van der Waals surface area contributed by atoms with Gasteiger partial charge in [0.25, 0.3) is 0 Å². The summed E-state index contributed by atoms with van der Waals surface area (Å²) in [5.41, 5.74) is 0.422. The number of amides is 1. The van der Waals surface area contributed by atoms with Crippen LogP contribution in [0.4, 0.5) is 0 Å². The van der Waals surface area contributed by atoms with Gasteiger partial charge in [-0.3, -0.25) is 4.79 Å². The summed E-state index contributed by atoms with van der Waals surface area (Å²) in [5.74, 6) is -0.733. The lowest BCUT2D eigenvalue weighted by Gasteiger charge is -2.25. The highest BCUT2D eigenvalue weighted by atomic mass is 16.4. The number of hydrogen-bond donors (Lipinski definition) is 1. The van der Waals surface area contributed by atoms with Crippen molar-refractivity contribution in [3.05, 3.63) is 48.1 Å². The van der Waals surface area contributed by atoms with Crippen LogP contribution in [-0.2, 0) is 9.59 Å². The van der Waals surface area contributed by atoms with Gasteiger partial charge < -0.3 is 10.0 Å². The van der Waals surface area contributed by atoms with Crippen LogP contribution >= 0.6 is 0 Å². The molecule has 0 aromatic rings. The highest BCUT2D eigenvalue weighted by molar-refractivity contribution is 5.87. The summed E-state index contributed by atoms with van der Waals surface area (Å²) < 4.78 is 0. The van der Waals surface area contributed by atoms with Gasteiger partial charge in [0.1, 0.15) is 0 Å². The average Bonchev–Trinajstić information content (AvgIpc) is 2.70. The molecule has 1 rings (SSSR count). The molecule has 0 bridgehead atoms. The Labute approximate surface area is 170 Å². The number of carbonyl (C=O) groups is 2. The first-order valence-corrected chi connectivity index (χ1v) is 10.8. The van der Waals surface area contributed by atoms with Crippen molar-refractivity contribution in [3.63, 3.8) is 0 Å².